The zero-order valence-corrected chi connectivity index (χ0v) is 18.9. The number of carboxylic acid groups (broad SMARTS) is 1. The molecule has 1 unspecified atom stereocenters. The van der Waals surface area contributed by atoms with Gasteiger partial charge in [0.15, 0.2) is 0 Å². The van der Waals surface area contributed by atoms with Gasteiger partial charge in [-0.1, -0.05) is 66.7 Å². The second-order valence-corrected chi connectivity index (χ2v) is 11.5. The van der Waals surface area contributed by atoms with Gasteiger partial charge in [0.1, 0.15) is 29.2 Å². The molecule has 0 fully saturated rings. The van der Waals surface area contributed by atoms with E-state index >= 15 is 0 Å². The quantitative estimate of drug-likeness (QED) is 0.358. The van der Waals surface area contributed by atoms with Gasteiger partial charge >= 0.3 is 0 Å². The number of aromatic nitrogens is 2. The van der Waals surface area contributed by atoms with Crippen molar-refractivity contribution in [1.29, 1.82) is 0 Å². The summed E-state index contributed by atoms with van der Waals surface area (Å²) < 4.78 is 1.76. The molecular formula is C28H23N2O2P. The molecule has 1 aromatic heterocycles. The number of imidazole rings is 1. The van der Waals surface area contributed by atoms with Gasteiger partial charge in [-0.15, -0.1) is 0 Å². The van der Waals surface area contributed by atoms with Crippen molar-refractivity contribution in [3.05, 3.63) is 122 Å². The molecule has 0 aliphatic rings. The number of para-hydroxylation sites is 2. The third kappa shape index (κ3) is 3.83. The fourth-order valence-corrected chi connectivity index (χ4v) is 8.99. The minimum Gasteiger partial charge on any atom is -0.548 e. The van der Waals surface area contributed by atoms with E-state index in [1.54, 1.807) is 10.9 Å². The summed E-state index contributed by atoms with van der Waals surface area (Å²) in [4.78, 5) is 17.1. The number of hydrogen-bond donors (Lipinski definition) is 0. The van der Waals surface area contributed by atoms with E-state index in [4.69, 9.17) is 0 Å². The SMILES string of the molecule is O=C([O-])C(C[P+](c1ccccc1)(c1ccccc1)c1ccccc1)n1cnc2ccccc21. The van der Waals surface area contributed by atoms with E-state index < -0.39 is 19.3 Å². The first-order valence-electron chi connectivity index (χ1n) is 10.9. The molecule has 5 aromatic rings. The molecule has 0 bridgehead atoms. The second kappa shape index (κ2) is 9.01. The van der Waals surface area contributed by atoms with E-state index in [9.17, 15) is 9.90 Å². The predicted molar refractivity (Wildman–Crippen MR) is 134 cm³/mol. The number of benzene rings is 4. The van der Waals surface area contributed by atoms with E-state index in [0.29, 0.717) is 6.16 Å². The average Bonchev–Trinajstić information content (AvgIpc) is 3.30. The van der Waals surface area contributed by atoms with Gasteiger partial charge in [-0.05, 0) is 48.5 Å². The molecule has 162 valence electrons. The van der Waals surface area contributed by atoms with Crippen LogP contribution < -0.4 is 21.0 Å². The minimum absolute atomic E-state index is 0.383. The molecule has 0 aliphatic carbocycles. The van der Waals surface area contributed by atoms with Crippen LogP contribution >= 0.6 is 7.26 Å². The van der Waals surface area contributed by atoms with Gasteiger partial charge in [0, 0.05) is 0 Å². The fraction of sp³-hybridized carbons (Fsp3) is 0.0714. The van der Waals surface area contributed by atoms with Crippen LogP contribution in [0.5, 0.6) is 0 Å². The van der Waals surface area contributed by atoms with Crippen LogP contribution in [0.2, 0.25) is 0 Å². The number of nitrogens with zero attached hydrogens (tertiary/aromatic N) is 2. The van der Waals surface area contributed by atoms with E-state index in [1.165, 1.54) is 0 Å². The maximum atomic E-state index is 12.7. The highest BCUT2D eigenvalue weighted by Gasteiger charge is 2.47. The van der Waals surface area contributed by atoms with Crippen molar-refractivity contribution in [3.63, 3.8) is 0 Å². The molecule has 33 heavy (non-hydrogen) atoms. The molecule has 0 spiro atoms. The van der Waals surface area contributed by atoms with Crippen molar-refractivity contribution in [2.75, 3.05) is 6.16 Å². The Bertz CT molecular complexity index is 1270. The highest BCUT2D eigenvalue weighted by Crippen LogP contribution is 2.57. The van der Waals surface area contributed by atoms with Gasteiger partial charge in [0.2, 0.25) is 0 Å². The predicted octanol–water partition coefficient (Wildman–Crippen LogP) is 3.32. The summed E-state index contributed by atoms with van der Waals surface area (Å²) in [5.41, 5.74) is 1.56. The molecule has 0 radical (unpaired) electrons. The lowest BCUT2D eigenvalue weighted by molar-refractivity contribution is -0.309. The lowest BCUT2D eigenvalue weighted by atomic mass is 10.3. The van der Waals surface area contributed by atoms with Crippen molar-refractivity contribution >= 4 is 40.2 Å². The number of carboxylic acids is 1. The van der Waals surface area contributed by atoms with Crippen molar-refractivity contribution in [1.82, 2.24) is 9.55 Å². The molecule has 0 saturated heterocycles. The van der Waals surface area contributed by atoms with Gasteiger partial charge in [-0.3, -0.25) is 0 Å². The highest BCUT2D eigenvalue weighted by atomic mass is 31.2. The van der Waals surface area contributed by atoms with Gasteiger partial charge in [-0.2, -0.15) is 0 Å². The Kier molecular flexibility index (Phi) is 5.77. The third-order valence-corrected chi connectivity index (χ3v) is 10.6. The number of aliphatic carboxylic acids is 1. The largest absolute Gasteiger partial charge is 0.548 e. The first-order chi connectivity index (χ1) is 16.2. The first kappa shape index (κ1) is 21.1. The zero-order valence-electron chi connectivity index (χ0n) is 18.0. The number of fused-ring (bicyclic) bond motifs is 1. The number of rotatable bonds is 7. The molecule has 5 rings (SSSR count). The Morgan fingerprint density at radius 1 is 0.727 bits per heavy atom. The summed E-state index contributed by atoms with van der Waals surface area (Å²) in [6.07, 6.45) is 2.01. The van der Waals surface area contributed by atoms with E-state index in [1.807, 2.05) is 78.9 Å². The van der Waals surface area contributed by atoms with Crippen LogP contribution in [0.1, 0.15) is 6.04 Å². The molecule has 5 heteroatoms. The van der Waals surface area contributed by atoms with E-state index in [0.717, 1.165) is 26.9 Å². The van der Waals surface area contributed by atoms with Crippen LogP contribution in [0.15, 0.2) is 122 Å². The number of carbonyl (C=O) groups excluding carboxylic acids is 1. The van der Waals surface area contributed by atoms with Crippen LogP contribution in [0.25, 0.3) is 11.0 Å². The van der Waals surface area contributed by atoms with Crippen LogP contribution in [0.3, 0.4) is 0 Å². The van der Waals surface area contributed by atoms with Crippen LogP contribution in [-0.2, 0) is 4.79 Å². The van der Waals surface area contributed by atoms with Gasteiger partial charge in [0.25, 0.3) is 0 Å². The van der Waals surface area contributed by atoms with Gasteiger partial charge in [0.05, 0.1) is 29.5 Å². The molecule has 4 aromatic carbocycles. The lowest BCUT2D eigenvalue weighted by Crippen LogP contribution is -2.42. The standard InChI is InChI=1S/C28H23N2O2P/c31-28(32)27(30-21-29-25-18-10-11-19-26(25)30)20-33(22-12-4-1-5-13-22,23-14-6-2-7-15-23)24-16-8-3-9-17-24/h1-19,21,27H,20H2. The van der Waals surface area contributed by atoms with Crippen LogP contribution in [0, 0.1) is 0 Å². The van der Waals surface area contributed by atoms with Crippen molar-refractivity contribution < 1.29 is 9.90 Å². The molecule has 1 atom stereocenters. The topological polar surface area (TPSA) is 57.9 Å². The smallest absolute Gasteiger partial charge is 0.114 e. The van der Waals surface area contributed by atoms with Crippen molar-refractivity contribution in [3.8, 4) is 0 Å². The monoisotopic (exact) mass is 450 g/mol. The average molecular weight is 450 g/mol. The summed E-state index contributed by atoms with van der Waals surface area (Å²) in [5.74, 6) is -1.11. The molecule has 0 amide bonds. The summed E-state index contributed by atoms with van der Waals surface area (Å²) in [6.45, 7) is 0. The van der Waals surface area contributed by atoms with Crippen LogP contribution in [-0.4, -0.2) is 21.7 Å². The zero-order chi connectivity index (χ0) is 22.7. The maximum absolute atomic E-state index is 12.7. The first-order valence-corrected chi connectivity index (χ1v) is 12.8. The Morgan fingerprint density at radius 3 is 1.67 bits per heavy atom. The molecule has 4 nitrogen and oxygen atoms in total. The Labute approximate surface area is 193 Å². The summed E-state index contributed by atoms with van der Waals surface area (Å²) in [5, 5.41) is 16.1. The Balaban J connectivity index is 1.77. The summed E-state index contributed by atoms with van der Waals surface area (Å²) in [6, 6.07) is 37.6. The van der Waals surface area contributed by atoms with Gasteiger partial charge in [-0.25, -0.2) is 4.98 Å². The summed E-state index contributed by atoms with van der Waals surface area (Å²) in [7, 11) is -2.35. The van der Waals surface area contributed by atoms with Gasteiger partial charge < -0.3 is 14.5 Å². The number of hydrogen-bond acceptors (Lipinski definition) is 3. The minimum atomic E-state index is -2.35. The Morgan fingerprint density at radius 2 is 1.18 bits per heavy atom. The molecule has 0 saturated carbocycles. The maximum Gasteiger partial charge on any atom is 0.114 e. The number of carbonyl (C=O) groups is 1. The summed E-state index contributed by atoms with van der Waals surface area (Å²) >= 11 is 0. The van der Waals surface area contributed by atoms with Crippen molar-refractivity contribution in [2.45, 2.75) is 6.04 Å². The van der Waals surface area contributed by atoms with E-state index in [2.05, 4.69) is 41.4 Å². The molecule has 0 N–H and O–H groups in total. The fourth-order valence-electron chi connectivity index (χ4n) is 4.57. The molecule has 1 heterocycles. The lowest BCUT2D eigenvalue weighted by Gasteiger charge is -2.32. The highest BCUT2D eigenvalue weighted by molar-refractivity contribution is 7.95. The van der Waals surface area contributed by atoms with E-state index in [-0.39, 0.29) is 0 Å². The second-order valence-electron chi connectivity index (χ2n) is 7.97. The third-order valence-electron chi connectivity index (χ3n) is 6.13. The molecular weight excluding hydrogens is 427 g/mol. The Hall–Kier alpha value is -3.75. The van der Waals surface area contributed by atoms with Crippen molar-refractivity contribution in [2.24, 2.45) is 0 Å². The van der Waals surface area contributed by atoms with Crippen LogP contribution in [0.4, 0.5) is 0 Å². The normalized spacial score (nSPS) is 12.5. The molecule has 0 aliphatic heterocycles.